The first kappa shape index (κ1) is 25.4. The van der Waals surface area contributed by atoms with E-state index < -0.39 is 12.1 Å². The second kappa shape index (κ2) is 10.2. The van der Waals surface area contributed by atoms with Gasteiger partial charge >= 0.3 is 6.18 Å². The van der Waals surface area contributed by atoms with Crippen molar-refractivity contribution in [3.63, 3.8) is 0 Å². The minimum Gasteiger partial charge on any atom is -0.356 e. The van der Waals surface area contributed by atoms with Crippen molar-refractivity contribution in [2.45, 2.75) is 64.6 Å². The number of unbranched alkanes of at least 4 members (excludes halogenated alkanes) is 2. The maximum absolute atomic E-state index is 13.1. The van der Waals surface area contributed by atoms with Crippen LogP contribution in [0.2, 0.25) is 0 Å². The highest BCUT2D eigenvalue weighted by atomic mass is 19.4. The number of benzene rings is 1. The Balaban J connectivity index is 1.49. The van der Waals surface area contributed by atoms with Crippen LogP contribution in [-0.2, 0) is 11.3 Å². The Bertz CT molecular complexity index is 1320. The standard InChI is InChI=1S/C27H32F3N5O2/c1-2-3-4-13-34-22(19-7-9-21(10-8-19)33-14-5-6-24(33)36)18-35-25(37)17-23(31-26(34)35)32-15-11-20(12-16-32)27(28,29)30/h7-10,17-18,20H,2-6,11-16H2,1H3. The SMILES string of the molecule is CCCCCn1c(-c2ccc(N3CCCC3=O)cc2)cn2c(=O)cc(N3CCC(C(F)(F)F)CC3)nc12. The fourth-order valence-electron chi connectivity index (χ4n) is 5.38. The normalized spacial score (nSPS) is 17.4. The number of anilines is 2. The number of carbonyl (C=O) groups is 1. The van der Waals surface area contributed by atoms with Crippen molar-refractivity contribution in [1.29, 1.82) is 0 Å². The van der Waals surface area contributed by atoms with Gasteiger partial charge in [0.05, 0.1) is 11.6 Å². The molecule has 1 amide bonds. The Morgan fingerprint density at radius 3 is 2.38 bits per heavy atom. The second-order valence-corrected chi connectivity index (χ2v) is 9.99. The number of halogens is 3. The van der Waals surface area contributed by atoms with Crippen LogP contribution in [0.15, 0.2) is 41.3 Å². The van der Waals surface area contributed by atoms with Gasteiger partial charge in [-0.1, -0.05) is 31.9 Å². The quantitative estimate of drug-likeness (QED) is 0.403. The molecule has 0 bridgehead atoms. The highest BCUT2D eigenvalue weighted by Gasteiger charge is 2.41. The number of hydrogen-bond donors (Lipinski definition) is 0. The number of carbonyl (C=O) groups excluding carboxylic acids is 1. The lowest BCUT2D eigenvalue weighted by Gasteiger charge is -2.33. The predicted octanol–water partition coefficient (Wildman–Crippen LogP) is 5.26. The molecule has 0 aliphatic carbocycles. The molecule has 5 rings (SSSR count). The Morgan fingerprint density at radius 1 is 1.03 bits per heavy atom. The van der Waals surface area contributed by atoms with Gasteiger partial charge in [-0.05, 0) is 43.4 Å². The van der Waals surface area contributed by atoms with E-state index >= 15 is 0 Å². The first-order valence-corrected chi connectivity index (χ1v) is 13.1. The minimum absolute atomic E-state index is 0.000812. The van der Waals surface area contributed by atoms with Crippen LogP contribution in [0, 0.1) is 5.92 Å². The Morgan fingerprint density at radius 2 is 1.76 bits per heavy atom. The van der Waals surface area contributed by atoms with Gasteiger partial charge in [-0.2, -0.15) is 18.2 Å². The smallest absolute Gasteiger partial charge is 0.356 e. The third-order valence-corrected chi connectivity index (χ3v) is 7.52. The summed E-state index contributed by atoms with van der Waals surface area (Å²) < 4.78 is 42.9. The zero-order valence-electron chi connectivity index (χ0n) is 21.0. The Hall–Kier alpha value is -3.30. The zero-order chi connectivity index (χ0) is 26.2. The Kier molecular flexibility index (Phi) is 7.00. The van der Waals surface area contributed by atoms with E-state index in [1.807, 2.05) is 28.8 Å². The fraction of sp³-hybridized carbons (Fsp3) is 0.519. The van der Waals surface area contributed by atoms with Crippen LogP contribution in [0.3, 0.4) is 0 Å². The van der Waals surface area contributed by atoms with E-state index in [-0.39, 0.29) is 37.4 Å². The first-order valence-electron chi connectivity index (χ1n) is 13.1. The van der Waals surface area contributed by atoms with Crippen molar-refractivity contribution < 1.29 is 18.0 Å². The summed E-state index contributed by atoms with van der Waals surface area (Å²) in [5, 5.41) is 0. The number of alkyl halides is 3. The van der Waals surface area contributed by atoms with E-state index in [0.717, 1.165) is 49.2 Å². The summed E-state index contributed by atoms with van der Waals surface area (Å²) >= 11 is 0. The number of fused-ring (bicyclic) bond motifs is 1. The van der Waals surface area contributed by atoms with E-state index in [0.29, 0.717) is 24.6 Å². The molecule has 10 heteroatoms. The number of aromatic nitrogens is 3. The molecule has 2 aromatic heterocycles. The largest absolute Gasteiger partial charge is 0.391 e. The molecule has 0 spiro atoms. The van der Waals surface area contributed by atoms with Gasteiger partial charge in [0.2, 0.25) is 11.7 Å². The number of piperidine rings is 1. The van der Waals surface area contributed by atoms with Crippen molar-refractivity contribution in [3.05, 3.63) is 46.9 Å². The van der Waals surface area contributed by atoms with Crippen LogP contribution in [-0.4, -0.2) is 45.7 Å². The summed E-state index contributed by atoms with van der Waals surface area (Å²) in [5.74, 6) is -0.263. The maximum Gasteiger partial charge on any atom is 0.391 e. The van der Waals surface area contributed by atoms with Crippen LogP contribution < -0.4 is 15.4 Å². The number of rotatable bonds is 7. The lowest BCUT2D eigenvalue weighted by atomic mass is 9.96. The fourth-order valence-corrected chi connectivity index (χ4v) is 5.38. The molecule has 1 aromatic carbocycles. The molecular weight excluding hydrogens is 483 g/mol. The summed E-state index contributed by atoms with van der Waals surface area (Å²) in [5.41, 5.74) is 2.35. The molecule has 37 heavy (non-hydrogen) atoms. The van der Waals surface area contributed by atoms with Gasteiger partial charge in [-0.3, -0.25) is 14.0 Å². The maximum atomic E-state index is 13.1. The van der Waals surface area contributed by atoms with Crippen LogP contribution in [0.4, 0.5) is 24.7 Å². The lowest BCUT2D eigenvalue weighted by molar-refractivity contribution is -0.179. The van der Waals surface area contributed by atoms with Crippen molar-refractivity contribution in [1.82, 2.24) is 14.0 Å². The molecular formula is C27H32F3N5O2. The summed E-state index contributed by atoms with van der Waals surface area (Å²) in [7, 11) is 0. The number of nitrogens with zero attached hydrogens (tertiary/aromatic N) is 5. The van der Waals surface area contributed by atoms with E-state index in [1.54, 1.807) is 16.0 Å². The molecule has 0 saturated carbocycles. The van der Waals surface area contributed by atoms with Crippen molar-refractivity contribution >= 4 is 23.2 Å². The lowest BCUT2D eigenvalue weighted by Crippen LogP contribution is -2.40. The second-order valence-electron chi connectivity index (χ2n) is 9.99. The molecule has 7 nitrogen and oxygen atoms in total. The highest BCUT2D eigenvalue weighted by Crippen LogP contribution is 2.35. The van der Waals surface area contributed by atoms with E-state index in [9.17, 15) is 22.8 Å². The third-order valence-electron chi connectivity index (χ3n) is 7.52. The third kappa shape index (κ3) is 5.10. The highest BCUT2D eigenvalue weighted by molar-refractivity contribution is 5.95. The average Bonchev–Trinajstić information content (AvgIpc) is 3.48. The summed E-state index contributed by atoms with van der Waals surface area (Å²) in [6.07, 6.45) is 1.99. The van der Waals surface area contributed by atoms with Crippen LogP contribution in [0.5, 0.6) is 0 Å². The van der Waals surface area contributed by atoms with Gasteiger partial charge in [0.1, 0.15) is 5.82 Å². The van der Waals surface area contributed by atoms with Gasteiger partial charge in [0, 0.05) is 50.6 Å². The van der Waals surface area contributed by atoms with Gasteiger partial charge < -0.3 is 14.4 Å². The summed E-state index contributed by atoms with van der Waals surface area (Å²) in [6, 6.07) is 9.19. The van der Waals surface area contributed by atoms with Crippen molar-refractivity contribution in [2.75, 3.05) is 29.4 Å². The molecule has 0 radical (unpaired) electrons. The van der Waals surface area contributed by atoms with Crippen molar-refractivity contribution in [2.24, 2.45) is 5.92 Å². The molecule has 0 atom stereocenters. The van der Waals surface area contributed by atoms with Gasteiger partial charge in [-0.15, -0.1) is 0 Å². The zero-order valence-corrected chi connectivity index (χ0v) is 21.0. The number of imidazole rings is 1. The molecule has 4 heterocycles. The topological polar surface area (TPSA) is 62.9 Å². The van der Waals surface area contributed by atoms with Gasteiger partial charge in [-0.25, -0.2) is 0 Å². The first-order chi connectivity index (χ1) is 17.8. The van der Waals surface area contributed by atoms with Gasteiger partial charge in [0.15, 0.2) is 0 Å². The van der Waals surface area contributed by atoms with Crippen LogP contribution in [0.25, 0.3) is 17.0 Å². The molecule has 2 saturated heterocycles. The summed E-state index contributed by atoms with van der Waals surface area (Å²) in [6.45, 7) is 3.94. The monoisotopic (exact) mass is 515 g/mol. The van der Waals surface area contributed by atoms with Crippen LogP contribution >= 0.6 is 0 Å². The number of hydrogen-bond acceptors (Lipinski definition) is 4. The minimum atomic E-state index is -4.19. The molecule has 2 aliphatic heterocycles. The average molecular weight is 516 g/mol. The van der Waals surface area contributed by atoms with E-state index in [2.05, 4.69) is 6.92 Å². The number of amides is 1. The molecule has 2 fully saturated rings. The number of aryl methyl sites for hydroxylation is 1. The Labute approximate surface area is 213 Å². The molecule has 3 aromatic rings. The van der Waals surface area contributed by atoms with Crippen molar-refractivity contribution in [3.8, 4) is 11.3 Å². The molecule has 0 N–H and O–H groups in total. The predicted molar refractivity (Wildman–Crippen MR) is 137 cm³/mol. The summed E-state index contributed by atoms with van der Waals surface area (Å²) in [4.78, 5) is 33.6. The van der Waals surface area contributed by atoms with Gasteiger partial charge in [0.25, 0.3) is 5.56 Å². The van der Waals surface area contributed by atoms with Crippen LogP contribution in [0.1, 0.15) is 51.9 Å². The van der Waals surface area contributed by atoms with E-state index in [1.165, 1.54) is 10.5 Å². The molecule has 0 unspecified atom stereocenters. The van der Waals surface area contributed by atoms with E-state index in [4.69, 9.17) is 4.98 Å². The molecule has 2 aliphatic rings. The molecule has 198 valence electrons.